The minimum Gasteiger partial charge on any atom is -0.373 e. The van der Waals surface area contributed by atoms with Crippen LogP contribution >= 0.6 is 23.2 Å². The van der Waals surface area contributed by atoms with Crippen LogP contribution < -0.4 is 5.32 Å². The van der Waals surface area contributed by atoms with E-state index in [1.807, 2.05) is 32.2 Å². The maximum absolute atomic E-state index is 6.20. The van der Waals surface area contributed by atoms with Gasteiger partial charge in [-0.15, -0.1) is 0 Å². The fraction of sp³-hybridized carbons (Fsp3) is 0.333. The largest absolute Gasteiger partial charge is 0.373 e. The third-order valence-corrected chi connectivity index (χ3v) is 3.96. The third-order valence-electron chi connectivity index (χ3n) is 3.25. The molecule has 0 amide bonds. The summed E-state index contributed by atoms with van der Waals surface area (Å²) in [6.45, 7) is 4.09. The Balaban J connectivity index is 2.42. The van der Waals surface area contributed by atoms with Crippen molar-refractivity contribution in [2.75, 3.05) is 12.4 Å². The van der Waals surface area contributed by atoms with Gasteiger partial charge in [-0.05, 0) is 31.0 Å². The summed E-state index contributed by atoms with van der Waals surface area (Å²) >= 11 is 12.4. The number of hydrogen-bond donors (Lipinski definition) is 1. The van der Waals surface area contributed by atoms with Gasteiger partial charge in [0.25, 0.3) is 0 Å². The second kappa shape index (κ2) is 6.42. The highest BCUT2D eigenvalue weighted by atomic mass is 35.5. The zero-order valence-corrected chi connectivity index (χ0v) is 13.3. The molecule has 3 nitrogen and oxygen atoms in total. The Morgan fingerprint density at radius 3 is 2.30 bits per heavy atom. The SMILES string of the molecule is CCc1c(C)nc(Cc2c(Cl)cccc2Cl)nc1NC. The lowest BCUT2D eigenvalue weighted by atomic mass is 10.1. The van der Waals surface area contributed by atoms with Crippen LogP contribution in [0.3, 0.4) is 0 Å². The van der Waals surface area contributed by atoms with Gasteiger partial charge >= 0.3 is 0 Å². The molecule has 5 heteroatoms. The minimum atomic E-state index is 0.526. The first-order valence-electron chi connectivity index (χ1n) is 6.53. The summed E-state index contributed by atoms with van der Waals surface area (Å²) in [5.74, 6) is 1.59. The van der Waals surface area contributed by atoms with Crippen LogP contribution in [0.4, 0.5) is 5.82 Å². The Labute approximate surface area is 129 Å². The fourth-order valence-corrected chi connectivity index (χ4v) is 2.75. The summed E-state index contributed by atoms with van der Waals surface area (Å²) in [6.07, 6.45) is 1.42. The normalized spacial score (nSPS) is 10.7. The van der Waals surface area contributed by atoms with Gasteiger partial charge in [0.05, 0.1) is 0 Å². The molecule has 0 aliphatic rings. The Bertz CT molecular complexity index is 607. The van der Waals surface area contributed by atoms with Crippen LogP contribution in [0.5, 0.6) is 0 Å². The number of nitrogens with one attached hydrogen (secondary N) is 1. The number of halogens is 2. The Morgan fingerprint density at radius 1 is 1.10 bits per heavy atom. The minimum absolute atomic E-state index is 0.526. The first-order chi connectivity index (χ1) is 9.56. The number of aryl methyl sites for hydroxylation is 1. The van der Waals surface area contributed by atoms with E-state index in [2.05, 4.69) is 22.2 Å². The molecule has 0 atom stereocenters. The molecule has 0 aliphatic carbocycles. The van der Waals surface area contributed by atoms with Crippen molar-refractivity contribution in [3.05, 3.63) is 50.9 Å². The summed E-state index contributed by atoms with van der Waals surface area (Å²) in [7, 11) is 1.87. The molecule has 0 spiro atoms. The lowest BCUT2D eigenvalue weighted by molar-refractivity contribution is 0.908. The fourth-order valence-electron chi connectivity index (χ4n) is 2.22. The molecular formula is C15H17Cl2N3. The first-order valence-corrected chi connectivity index (χ1v) is 7.29. The van der Waals surface area contributed by atoms with Gasteiger partial charge in [-0.1, -0.05) is 36.2 Å². The van der Waals surface area contributed by atoms with Crippen molar-refractivity contribution in [1.29, 1.82) is 0 Å². The zero-order valence-electron chi connectivity index (χ0n) is 11.8. The summed E-state index contributed by atoms with van der Waals surface area (Å²) in [6, 6.07) is 5.49. The van der Waals surface area contributed by atoms with E-state index in [0.717, 1.165) is 34.9 Å². The van der Waals surface area contributed by atoms with Gasteiger partial charge in [-0.2, -0.15) is 0 Å². The van der Waals surface area contributed by atoms with Crippen molar-refractivity contribution < 1.29 is 0 Å². The van der Waals surface area contributed by atoms with Crippen LogP contribution in [0.15, 0.2) is 18.2 Å². The molecule has 1 aromatic heterocycles. The third kappa shape index (κ3) is 3.05. The van der Waals surface area contributed by atoms with E-state index in [9.17, 15) is 0 Å². The number of hydrogen-bond acceptors (Lipinski definition) is 3. The second-order valence-electron chi connectivity index (χ2n) is 4.53. The van der Waals surface area contributed by atoms with Crippen LogP contribution in [-0.2, 0) is 12.8 Å². The highest BCUT2D eigenvalue weighted by Crippen LogP contribution is 2.27. The Hall–Kier alpha value is -1.32. The van der Waals surface area contributed by atoms with Crippen molar-refractivity contribution in [3.8, 4) is 0 Å². The topological polar surface area (TPSA) is 37.8 Å². The van der Waals surface area contributed by atoms with Gasteiger partial charge in [0.2, 0.25) is 0 Å². The standard InChI is InChI=1S/C15H17Cl2N3/c1-4-10-9(2)19-14(20-15(10)18-3)8-11-12(16)6-5-7-13(11)17/h5-7H,4,8H2,1-3H3,(H,18,19,20). The predicted octanol–water partition coefficient (Wildman–Crippen LogP) is 4.29. The summed E-state index contributed by atoms with van der Waals surface area (Å²) < 4.78 is 0. The molecule has 20 heavy (non-hydrogen) atoms. The molecule has 0 saturated heterocycles. The molecule has 1 heterocycles. The number of nitrogens with zero attached hydrogens (tertiary/aromatic N) is 2. The van der Waals surface area contributed by atoms with Crippen LogP contribution in [0.2, 0.25) is 10.0 Å². The maximum atomic E-state index is 6.20. The molecule has 2 rings (SSSR count). The van der Waals surface area contributed by atoms with E-state index >= 15 is 0 Å². The quantitative estimate of drug-likeness (QED) is 0.915. The highest BCUT2D eigenvalue weighted by molar-refractivity contribution is 6.36. The number of benzene rings is 1. The molecule has 0 saturated carbocycles. The average Bonchev–Trinajstić information content (AvgIpc) is 2.42. The molecule has 1 N–H and O–H groups in total. The van der Waals surface area contributed by atoms with Gasteiger partial charge in [-0.25, -0.2) is 9.97 Å². The molecule has 0 aliphatic heterocycles. The van der Waals surface area contributed by atoms with Crippen molar-refractivity contribution in [2.45, 2.75) is 26.7 Å². The van der Waals surface area contributed by atoms with Crippen molar-refractivity contribution >= 4 is 29.0 Å². The van der Waals surface area contributed by atoms with Crippen molar-refractivity contribution in [2.24, 2.45) is 0 Å². The molecule has 1 aromatic carbocycles. The monoisotopic (exact) mass is 309 g/mol. The molecule has 0 radical (unpaired) electrons. The van der Waals surface area contributed by atoms with E-state index in [-0.39, 0.29) is 0 Å². The smallest absolute Gasteiger partial charge is 0.135 e. The van der Waals surface area contributed by atoms with E-state index in [4.69, 9.17) is 23.2 Å². The summed E-state index contributed by atoms with van der Waals surface area (Å²) in [5, 5.41) is 4.41. The predicted molar refractivity (Wildman–Crippen MR) is 85.0 cm³/mol. The molecule has 106 valence electrons. The average molecular weight is 310 g/mol. The van der Waals surface area contributed by atoms with Crippen LogP contribution in [0.25, 0.3) is 0 Å². The molecular weight excluding hydrogens is 293 g/mol. The Morgan fingerprint density at radius 2 is 1.75 bits per heavy atom. The lowest BCUT2D eigenvalue weighted by Gasteiger charge is -2.12. The molecule has 0 unspecified atom stereocenters. The summed E-state index contributed by atoms with van der Waals surface area (Å²) in [4.78, 5) is 9.12. The van der Waals surface area contributed by atoms with Crippen molar-refractivity contribution in [3.63, 3.8) is 0 Å². The number of rotatable bonds is 4. The molecule has 0 fully saturated rings. The van der Waals surface area contributed by atoms with E-state index < -0.39 is 0 Å². The van der Waals surface area contributed by atoms with E-state index in [0.29, 0.717) is 16.5 Å². The first kappa shape index (κ1) is 15.1. The van der Waals surface area contributed by atoms with E-state index in [1.165, 1.54) is 0 Å². The molecule has 2 aromatic rings. The van der Waals surface area contributed by atoms with Gasteiger partial charge in [0, 0.05) is 34.8 Å². The van der Waals surface area contributed by atoms with Crippen LogP contribution in [-0.4, -0.2) is 17.0 Å². The van der Waals surface area contributed by atoms with Gasteiger partial charge in [-0.3, -0.25) is 0 Å². The lowest BCUT2D eigenvalue weighted by Crippen LogP contribution is -2.08. The zero-order chi connectivity index (χ0) is 14.7. The van der Waals surface area contributed by atoms with Crippen LogP contribution in [0.1, 0.15) is 29.6 Å². The van der Waals surface area contributed by atoms with Crippen LogP contribution in [0, 0.1) is 6.92 Å². The summed E-state index contributed by atoms with van der Waals surface area (Å²) in [5.41, 5.74) is 2.99. The van der Waals surface area contributed by atoms with E-state index in [1.54, 1.807) is 0 Å². The highest BCUT2D eigenvalue weighted by Gasteiger charge is 2.12. The van der Waals surface area contributed by atoms with Gasteiger partial charge in [0.1, 0.15) is 11.6 Å². The molecule has 0 bridgehead atoms. The maximum Gasteiger partial charge on any atom is 0.135 e. The number of aromatic nitrogens is 2. The number of anilines is 1. The van der Waals surface area contributed by atoms with Crippen molar-refractivity contribution in [1.82, 2.24) is 9.97 Å². The second-order valence-corrected chi connectivity index (χ2v) is 5.35. The Kier molecular flexibility index (Phi) is 4.84. The van der Waals surface area contributed by atoms with Gasteiger partial charge < -0.3 is 5.32 Å². The van der Waals surface area contributed by atoms with Gasteiger partial charge in [0.15, 0.2) is 0 Å².